The Bertz CT molecular complexity index is 648. The number of esters is 1. The van der Waals surface area contributed by atoms with Gasteiger partial charge >= 0.3 is 5.97 Å². The molecule has 4 nitrogen and oxygen atoms in total. The SMILES string of the molecule is CC(=O)OC1=CC2CC(O)(O)C=C[C@]2(C)[C@H]2CC[C@]3(C)CCC[C@H]3[C@H]12. The van der Waals surface area contributed by atoms with Gasteiger partial charge in [-0.05, 0) is 66.4 Å². The van der Waals surface area contributed by atoms with Crippen LogP contribution in [0.1, 0.15) is 59.3 Å². The van der Waals surface area contributed by atoms with Gasteiger partial charge in [-0.3, -0.25) is 4.79 Å². The molecule has 0 heterocycles. The average Bonchev–Trinajstić information content (AvgIpc) is 2.90. The van der Waals surface area contributed by atoms with Crippen molar-refractivity contribution in [3.63, 3.8) is 0 Å². The Labute approximate surface area is 149 Å². The predicted molar refractivity (Wildman–Crippen MR) is 94.0 cm³/mol. The van der Waals surface area contributed by atoms with Crippen LogP contribution >= 0.6 is 0 Å². The van der Waals surface area contributed by atoms with Crippen molar-refractivity contribution >= 4 is 5.97 Å². The van der Waals surface area contributed by atoms with Crippen LogP contribution in [-0.2, 0) is 9.53 Å². The van der Waals surface area contributed by atoms with Crippen LogP contribution in [-0.4, -0.2) is 22.0 Å². The van der Waals surface area contributed by atoms with Crippen LogP contribution in [0.25, 0.3) is 0 Å². The predicted octanol–water partition coefficient (Wildman–Crippen LogP) is 3.54. The molecule has 6 atom stereocenters. The highest BCUT2D eigenvalue weighted by Gasteiger charge is 2.59. The first-order chi connectivity index (χ1) is 11.6. The Hall–Kier alpha value is -1.13. The second-order valence-corrected chi connectivity index (χ2v) is 9.37. The van der Waals surface area contributed by atoms with Gasteiger partial charge in [0.25, 0.3) is 0 Å². The molecule has 4 aliphatic carbocycles. The molecule has 25 heavy (non-hydrogen) atoms. The molecule has 0 bridgehead atoms. The molecule has 0 aromatic rings. The molecule has 138 valence electrons. The van der Waals surface area contributed by atoms with Gasteiger partial charge in [0.1, 0.15) is 5.76 Å². The van der Waals surface area contributed by atoms with Crippen LogP contribution in [0.2, 0.25) is 0 Å². The summed E-state index contributed by atoms with van der Waals surface area (Å²) in [5, 5.41) is 20.2. The van der Waals surface area contributed by atoms with E-state index in [-0.39, 0.29) is 29.6 Å². The van der Waals surface area contributed by atoms with Crippen LogP contribution in [0.5, 0.6) is 0 Å². The highest BCUT2D eigenvalue weighted by atomic mass is 16.5. The molecule has 2 N–H and O–H groups in total. The summed E-state index contributed by atoms with van der Waals surface area (Å²) in [6.07, 6.45) is 11.9. The quantitative estimate of drug-likeness (QED) is 0.433. The van der Waals surface area contributed by atoms with Gasteiger partial charge in [-0.15, -0.1) is 0 Å². The summed E-state index contributed by atoms with van der Waals surface area (Å²) in [4.78, 5) is 11.7. The van der Waals surface area contributed by atoms with Gasteiger partial charge in [-0.1, -0.05) is 26.3 Å². The lowest BCUT2D eigenvalue weighted by Gasteiger charge is -2.57. The van der Waals surface area contributed by atoms with Gasteiger partial charge in [0.15, 0.2) is 5.79 Å². The minimum Gasteiger partial charge on any atom is -0.431 e. The van der Waals surface area contributed by atoms with E-state index in [9.17, 15) is 15.0 Å². The maximum Gasteiger partial charge on any atom is 0.307 e. The Morgan fingerprint density at radius 1 is 1.16 bits per heavy atom. The monoisotopic (exact) mass is 346 g/mol. The Morgan fingerprint density at radius 3 is 2.64 bits per heavy atom. The van der Waals surface area contributed by atoms with Crippen molar-refractivity contribution in [3.05, 3.63) is 24.0 Å². The van der Waals surface area contributed by atoms with Crippen LogP contribution < -0.4 is 0 Å². The molecule has 0 aromatic heterocycles. The summed E-state index contributed by atoms with van der Waals surface area (Å²) in [6.45, 7) is 6.12. The van der Waals surface area contributed by atoms with Crippen molar-refractivity contribution in [2.45, 2.75) is 65.1 Å². The van der Waals surface area contributed by atoms with Crippen molar-refractivity contribution in [1.82, 2.24) is 0 Å². The van der Waals surface area contributed by atoms with Crippen LogP contribution in [0.15, 0.2) is 24.0 Å². The van der Waals surface area contributed by atoms with Crippen molar-refractivity contribution < 1.29 is 19.7 Å². The zero-order valence-electron chi connectivity index (χ0n) is 15.5. The minimum absolute atomic E-state index is 0.0196. The lowest BCUT2D eigenvalue weighted by atomic mass is 9.48. The standard InChI is InChI=1S/C21H30O4/c1-13(22)25-17-11-14-12-21(23,24)10-9-20(14,3)16-6-8-19(2)7-4-5-15(19)18(16)17/h9-11,14-16,18,23-24H,4-8,12H2,1-3H3/t14?,15-,16-,18-,19-,20-/m0/s1. The second-order valence-electron chi connectivity index (χ2n) is 9.37. The molecule has 0 aliphatic heterocycles. The number of hydrogen-bond acceptors (Lipinski definition) is 4. The first kappa shape index (κ1) is 17.3. The minimum atomic E-state index is -1.77. The van der Waals surface area contributed by atoms with E-state index in [0.29, 0.717) is 17.3 Å². The summed E-state index contributed by atoms with van der Waals surface area (Å²) < 4.78 is 5.71. The molecule has 1 unspecified atom stereocenters. The third-order valence-electron chi connectivity index (χ3n) is 7.83. The number of ether oxygens (including phenoxy) is 1. The van der Waals surface area contributed by atoms with E-state index in [0.717, 1.165) is 12.2 Å². The second kappa shape index (κ2) is 5.43. The first-order valence-corrected chi connectivity index (χ1v) is 9.70. The zero-order chi connectivity index (χ0) is 18.0. The normalized spacial score (nSPS) is 47.3. The van der Waals surface area contributed by atoms with E-state index in [1.165, 1.54) is 32.6 Å². The molecule has 2 saturated carbocycles. The van der Waals surface area contributed by atoms with E-state index in [1.807, 2.05) is 12.2 Å². The van der Waals surface area contributed by atoms with Gasteiger partial charge in [-0.25, -0.2) is 0 Å². The molecule has 0 amide bonds. The maximum absolute atomic E-state index is 11.7. The third-order valence-corrected chi connectivity index (χ3v) is 7.83. The average molecular weight is 346 g/mol. The molecule has 2 fully saturated rings. The molecule has 0 spiro atoms. The van der Waals surface area contributed by atoms with Gasteiger partial charge in [0, 0.05) is 19.3 Å². The number of hydrogen-bond donors (Lipinski definition) is 2. The van der Waals surface area contributed by atoms with Crippen molar-refractivity contribution in [2.75, 3.05) is 0 Å². The number of rotatable bonds is 1. The lowest BCUT2D eigenvalue weighted by Crippen LogP contribution is -2.53. The molecule has 0 aromatic carbocycles. The van der Waals surface area contributed by atoms with E-state index >= 15 is 0 Å². The van der Waals surface area contributed by atoms with Gasteiger partial charge < -0.3 is 14.9 Å². The molecule has 0 saturated heterocycles. The molecular weight excluding hydrogens is 316 g/mol. The van der Waals surface area contributed by atoms with Gasteiger partial charge in [0.05, 0.1) is 0 Å². The lowest BCUT2D eigenvalue weighted by molar-refractivity contribution is -0.156. The molecule has 0 radical (unpaired) electrons. The zero-order valence-corrected chi connectivity index (χ0v) is 15.5. The van der Waals surface area contributed by atoms with Crippen LogP contribution in [0.4, 0.5) is 0 Å². The highest BCUT2D eigenvalue weighted by molar-refractivity contribution is 5.67. The van der Waals surface area contributed by atoms with Gasteiger partial charge in [0.2, 0.25) is 0 Å². The molecule has 4 rings (SSSR count). The van der Waals surface area contributed by atoms with Crippen LogP contribution in [0, 0.1) is 34.5 Å². The first-order valence-electron chi connectivity index (χ1n) is 9.70. The number of aliphatic hydroxyl groups is 2. The summed E-state index contributed by atoms with van der Waals surface area (Å²) >= 11 is 0. The van der Waals surface area contributed by atoms with E-state index in [2.05, 4.69) is 13.8 Å². The van der Waals surface area contributed by atoms with E-state index in [1.54, 1.807) is 6.08 Å². The Kier molecular flexibility index (Phi) is 3.76. The largest absolute Gasteiger partial charge is 0.431 e. The fraction of sp³-hybridized carbons (Fsp3) is 0.762. The fourth-order valence-corrected chi connectivity index (χ4v) is 6.49. The number of allylic oxidation sites excluding steroid dienone is 3. The summed E-state index contributed by atoms with van der Waals surface area (Å²) in [7, 11) is 0. The fourth-order valence-electron chi connectivity index (χ4n) is 6.49. The molecule has 4 heteroatoms. The van der Waals surface area contributed by atoms with Crippen LogP contribution in [0.3, 0.4) is 0 Å². The van der Waals surface area contributed by atoms with Gasteiger partial charge in [-0.2, -0.15) is 0 Å². The number of fused-ring (bicyclic) bond motifs is 5. The summed E-state index contributed by atoms with van der Waals surface area (Å²) in [5.41, 5.74) is 0.243. The Balaban J connectivity index is 1.80. The van der Waals surface area contributed by atoms with E-state index in [4.69, 9.17) is 4.74 Å². The third kappa shape index (κ3) is 2.60. The van der Waals surface area contributed by atoms with Crippen molar-refractivity contribution in [3.8, 4) is 0 Å². The summed E-state index contributed by atoms with van der Waals surface area (Å²) in [6, 6.07) is 0. The molecule has 4 aliphatic rings. The number of carbonyl (C=O) groups is 1. The van der Waals surface area contributed by atoms with Crippen molar-refractivity contribution in [1.29, 1.82) is 0 Å². The smallest absolute Gasteiger partial charge is 0.307 e. The Morgan fingerprint density at radius 2 is 1.92 bits per heavy atom. The number of carbonyl (C=O) groups excluding carboxylic acids is 1. The van der Waals surface area contributed by atoms with Crippen molar-refractivity contribution in [2.24, 2.45) is 34.5 Å². The maximum atomic E-state index is 11.7. The topological polar surface area (TPSA) is 66.8 Å². The van der Waals surface area contributed by atoms with E-state index < -0.39 is 5.79 Å². The molecular formula is C21H30O4. The highest BCUT2D eigenvalue weighted by Crippen LogP contribution is 2.65. The summed E-state index contributed by atoms with van der Waals surface area (Å²) in [5.74, 6) is -0.0627.